The monoisotopic (exact) mass is 346 g/mol. The average Bonchev–Trinajstić information content (AvgIpc) is 3.01. The van der Waals surface area contributed by atoms with Gasteiger partial charge in [-0.2, -0.15) is 5.26 Å². The summed E-state index contributed by atoms with van der Waals surface area (Å²) >= 11 is 1.28. The Kier molecular flexibility index (Phi) is 6.04. The van der Waals surface area contributed by atoms with Gasteiger partial charge < -0.3 is 9.64 Å². The number of esters is 1. The summed E-state index contributed by atoms with van der Waals surface area (Å²) in [5.74, 6) is -1.47. The summed E-state index contributed by atoms with van der Waals surface area (Å²) in [6.45, 7) is 1.56. The van der Waals surface area contributed by atoms with Crippen LogP contribution in [-0.2, 0) is 9.53 Å². The standard InChI is InChI=1S/C17H15FN2O3S/c1-12-3-8-15(24-12)17(22)23-11-16(21)20(10-2-9-19)14-6-4-13(18)5-7-14/h3-8H,2,10-11H2,1H3. The van der Waals surface area contributed by atoms with E-state index < -0.39 is 24.3 Å². The van der Waals surface area contributed by atoms with E-state index in [-0.39, 0.29) is 13.0 Å². The first-order chi connectivity index (χ1) is 11.5. The van der Waals surface area contributed by atoms with E-state index in [1.807, 2.05) is 13.0 Å². The number of hydrogen-bond acceptors (Lipinski definition) is 5. The number of benzene rings is 1. The van der Waals surface area contributed by atoms with Gasteiger partial charge in [0.15, 0.2) is 6.61 Å². The van der Waals surface area contributed by atoms with E-state index in [4.69, 9.17) is 10.00 Å². The quantitative estimate of drug-likeness (QED) is 0.753. The fraction of sp³-hybridized carbons (Fsp3) is 0.235. The van der Waals surface area contributed by atoms with E-state index in [2.05, 4.69) is 0 Å². The van der Waals surface area contributed by atoms with Crippen LogP contribution in [0.15, 0.2) is 36.4 Å². The number of halogens is 1. The van der Waals surface area contributed by atoms with Gasteiger partial charge in [-0.15, -0.1) is 11.3 Å². The molecular weight excluding hydrogens is 331 g/mol. The third kappa shape index (κ3) is 4.64. The van der Waals surface area contributed by atoms with Gasteiger partial charge in [0.1, 0.15) is 10.7 Å². The van der Waals surface area contributed by atoms with Crippen molar-refractivity contribution in [2.75, 3.05) is 18.1 Å². The molecule has 1 aromatic carbocycles. The van der Waals surface area contributed by atoms with Crippen LogP contribution in [0.5, 0.6) is 0 Å². The van der Waals surface area contributed by atoms with Crippen LogP contribution >= 0.6 is 11.3 Å². The molecule has 0 unspecified atom stereocenters. The summed E-state index contributed by atoms with van der Waals surface area (Å²) in [6, 6.07) is 10.7. The predicted molar refractivity (Wildman–Crippen MR) is 88.3 cm³/mol. The van der Waals surface area contributed by atoms with Crippen LogP contribution in [0, 0.1) is 24.1 Å². The Balaban J connectivity index is 2.03. The highest BCUT2D eigenvalue weighted by Crippen LogP contribution is 2.18. The summed E-state index contributed by atoms with van der Waals surface area (Å²) in [5, 5.41) is 8.73. The second-order valence-corrected chi connectivity index (χ2v) is 6.20. The van der Waals surface area contributed by atoms with Crippen LogP contribution in [0.1, 0.15) is 21.0 Å². The zero-order valence-corrected chi connectivity index (χ0v) is 13.8. The lowest BCUT2D eigenvalue weighted by molar-refractivity contribution is -0.121. The maximum Gasteiger partial charge on any atom is 0.348 e. The molecule has 0 spiro atoms. The minimum Gasteiger partial charge on any atom is -0.451 e. The molecule has 0 aliphatic rings. The third-order valence-corrected chi connectivity index (χ3v) is 4.14. The Bertz CT molecular complexity index is 765. The van der Waals surface area contributed by atoms with Crippen LogP contribution < -0.4 is 4.90 Å². The summed E-state index contributed by atoms with van der Waals surface area (Å²) in [6.07, 6.45) is 0.112. The molecule has 1 amide bonds. The van der Waals surface area contributed by atoms with E-state index in [1.54, 1.807) is 12.1 Å². The molecule has 124 valence electrons. The van der Waals surface area contributed by atoms with Gasteiger partial charge in [-0.05, 0) is 43.3 Å². The van der Waals surface area contributed by atoms with Crippen LogP contribution in [0.4, 0.5) is 10.1 Å². The average molecular weight is 346 g/mol. The Morgan fingerprint density at radius 1 is 1.25 bits per heavy atom. The molecule has 0 atom stereocenters. The molecule has 7 heteroatoms. The Hall–Kier alpha value is -2.72. The van der Waals surface area contributed by atoms with Crippen molar-refractivity contribution < 1.29 is 18.7 Å². The van der Waals surface area contributed by atoms with E-state index in [0.717, 1.165) is 4.88 Å². The second kappa shape index (κ2) is 8.22. The number of thiophene rings is 1. The molecule has 5 nitrogen and oxygen atoms in total. The van der Waals surface area contributed by atoms with Gasteiger partial charge in [0, 0.05) is 17.1 Å². The normalized spacial score (nSPS) is 10.0. The molecule has 1 aromatic heterocycles. The number of carbonyl (C=O) groups excluding carboxylic acids is 2. The van der Waals surface area contributed by atoms with E-state index in [0.29, 0.717) is 10.6 Å². The van der Waals surface area contributed by atoms with Gasteiger partial charge in [-0.25, -0.2) is 9.18 Å². The van der Waals surface area contributed by atoms with E-state index in [1.165, 1.54) is 40.5 Å². The van der Waals surface area contributed by atoms with Crippen molar-refractivity contribution in [1.29, 1.82) is 5.26 Å². The van der Waals surface area contributed by atoms with Crippen molar-refractivity contribution in [2.45, 2.75) is 13.3 Å². The fourth-order valence-corrected chi connectivity index (χ4v) is 2.76. The molecule has 2 aromatic rings. The molecular formula is C17H15FN2O3S. The maximum atomic E-state index is 13.0. The largest absolute Gasteiger partial charge is 0.451 e. The minimum atomic E-state index is -0.569. The highest BCUT2D eigenvalue weighted by atomic mass is 32.1. The lowest BCUT2D eigenvalue weighted by Gasteiger charge is -2.21. The smallest absolute Gasteiger partial charge is 0.348 e. The molecule has 1 heterocycles. The van der Waals surface area contributed by atoms with E-state index >= 15 is 0 Å². The van der Waals surface area contributed by atoms with Crippen LogP contribution in [0.3, 0.4) is 0 Å². The number of nitrogens with zero attached hydrogens (tertiary/aromatic N) is 2. The minimum absolute atomic E-state index is 0.112. The first-order valence-corrected chi connectivity index (χ1v) is 7.99. The number of carbonyl (C=O) groups is 2. The van der Waals surface area contributed by atoms with Gasteiger partial charge in [0.25, 0.3) is 5.91 Å². The molecule has 0 aliphatic carbocycles. The topological polar surface area (TPSA) is 70.4 Å². The van der Waals surface area contributed by atoms with Crippen molar-refractivity contribution in [3.05, 3.63) is 52.0 Å². The van der Waals surface area contributed by atoms with E-state index in [9.17, 15) is 14.0 Å². The second-order valence-electron chi connectivity index (χ2n) is 4.92. The molecule has 0 saturated heterocycles. The number of rotatable bonds is 6. The third-order valence-electron chi connectivity index (χ3n) is 3.15. The van der Waals surface area contributed by atoms with Crippen LogP contribution in [0.25, 0.3) is 0 Å². The SMILES string of the molecule is Cc1ccc(C(=O)OCC(=O)N(CCC#N)c2ccc(F)cc2)s1. The number of nitriles is 1. The van der Waals surface area contributed by atoms with Gasteiger partial charge >= 0.3 is 5.97 Å². The van der Waals surface area contributed by atoms with Crippen molar-refractivity contribution in [2.24, 2.45) is 0 Å². The van der Waals surface area contributed by atoms with Gasteiger partial charge in [-0.3, -0.25) is 4.79 Å². The lowest BCUT2D eigenvalue weighted by atomic mass is 10.2. The summed E-state index contributed by atoms with van der Waals surface area (Å²) < 4.78 is 18.1. The summed E-state index contributed by atoms with van der Waals surface area (Å²) in [7, 11) is 0. The number of anilines is 1. The Morgan fingerprint density at radius 2 is 1.96 bits per heavy atom. The first-order valence-electron chi connectivity index (χ1n) is 7.17. The zero-order valence-electron chi connectivity index (χ0n) is 13.0. The number of hydrogen-bond donors (Lipinski definition) is 0. The van der Waals surface area contributed by atoms with Crippen molar-refractivity contribution in [3.8, 4) is 6.07 Å². The van der Waals surface area contributed by atoms with Crippen molar-refractivity contribution in [3.63, 3.8) is 0 Å². The Labute approximate surface area is 142 Å². The van der Waals surface area contributed by atoms with Gasteiger partial charge in [0.2, 0.25) is 0 Å². The number of ether oxygens (including phenoxy) is 1. The molecule has 0 radical (unpaired) electrons. The number of amides is 1. The van der Waals surface area contributed by atoms with Gasteiger partial charge in [-0.1, -0.05) is 0 Å². The Morgan fingerprint density at radius 3 is 2.54 bits per heavy atom. The highest BCUT2D eigenvalue weighted by Gasteiger charge is 2.18. The molecule has 0 fully saturated rings. The van der Waals surface area contributed by atoms with Gasteiger partial charge in [0.05, 0.1) is 12.5 Å². The maximum absolute atomic E-state index is 13.0. The molecule has 0 saturated carbocycles. The summed E-state index contributed by atoms with van der Waals surface area (Å²) in [4.78, 5) is 26.9. The molecule has 24 heavy (non-hydrogen) atoms. The van der Waals surface area contributed by atoms with Crippen LogP contribution in [0.2, 0.25) is 0 Å². The predicted octanol–water partition coefficient (Wildman–Crippen LogP) is 3.30. The first kappa shape index (κ1) is 17.6. The number of aryl methyl sites for hydroxylation is 1. The lowest BCUT2D eigenvalue weighted by Crippen LogP contribution is -2.35. The fourth-order valence-electron chi connectivity index (χ4n) is 2.00. The molecule has 0 N–H and O–H groups in total. The highest BCUT2D eigenvalue weighted by molar-refractivity contribution is 7.13. The van der Waals surface area contributed by atoms with Crippen molar-refractivity contribution in [1.82, 2.24) is 0 Å². The zero-order chi connectivity index (χ0) is 17.5. The molecule has 0 aliphatic heterocycles. The molecule has 2 rings (SSSR count). The van der Waals surface area contributed by atoms with Crippen molar-refractivity contribution >= 4 is 28.9 Å². The van der Waals surface area contributed by atoms with Crippen LogP contribution in [-0.4, -0.2) is 25.0 Å². The molecule has 0 bridgehead atoms. The summed E-state index contributed by atoms with van der Waals surface area (Å²) in [5.41, 5.74) is 0.444.